The molecule has 15 heteroatoms. The first kappa shape index (κ1) is 26.4. The Balaban J connectivity index is 1.69. The molecule has 6 heterocycles. The van der Waals surface area contributed by atoms with Crippen LogP contribution in [0, 0.1) is 12.7 Å². The molecule has 5 aromatic rings. The first-order chi connectivity index (χ1) is 19.5. The maximum absolute atomic E-state index is 16.5. The van der Waals surface area contributed by atoms with E-state index < -0.39 is 34.9 Å². The predicted octanol–water partition coefficient (Wildman–Crippen LogP) is 4.76. The van der Waals surface area contributed by atoms with Crippen LogP contribution in [0.15, 0.2) is 24.5 Å². The van der Waals surface area contributed by atoms with Gasteiger partial charge in [0.2, 0.25) is 5.88 Å². The number of halogens is 4. The lowest BCUT2D eigenvalue weighted by Crippen LogP contribution is -2.39. The first-order valence-electron chi connectivity index (χ1n) is 12.5. The number of H-pyrrole nitrogens is 1. The van der Waals surface area contributed by atoms with E-state index in [1.807, 2.05) is 24.8 Å². The van der Waals surface area contributed by atoms with E-state index in [0.29, 0.717) is 11.4 Å². The number of aryl methyl sites for hydroxylation is 1. The molecule has 2 atom stereocenters. The van der Waals surface area contributed by atoms with E-state index in [1.165, 1.54) is 14.0 Å². The van der Waals surface area contributed by atoms with Crippen LogP contribution in [-0.4, -0.2) is 54.9 Å². The van der Waals surface area contributed by atoms with E-state index in [9.17, 15) is 13.2 Å². The highest BCUT2D eigenvalue weighted by atomic mass is 19.4. The van der Waals surface area contributed by atoms with Gasteiger partial charge in [0.15, 0.2) is 11.5 Å². The summed E-state index contributed by atoms with van der Waals surface area (Å²) in [6.07, 6.45) is -2.17. The molecule has 1 aliphatic rings. The zero-order chi connectivity index (χ0) is 29.2. The molecule has 0 aliphatic carbocycles. The van der Waals surface area contributed by atoms with E-state index in [1.54, 1.807) is 12.3 Å². The van der Waals surface area contributed by atoms with Gasteiger partial charge in [0.05, 0.1) is 36.6 Å². The molecule has 0 fully saturated rings. The monoisotopic (exact) mass is 569 g/mol. The summed E-state index contributed by atoms with van der Waals surface area (Å²) in [5.41, 5.74) is 3.90. The van der Waals surface area contributed by atoms with E-state index in [2.05, 4.69) is 35.1 Å². The van der Waals surface area contributed by atoms with E-state index in [4.69, 9.17) is 15.2 Å². The van der Waals surface area contributed by atoms with Crippen molar-refractivity contribution in [3.63, 3.8) is 0 Å². The minimum absolute atomic E-state index is 0.0407. The number of nitrogens with one attached hydrogen (secondary N) is 1. The lowest BCUT2D eigenvalue weighted by molar-refractivity contribution is -0.137. The number of methoxy groups -OCH3 is 1. The van der Waals surface area contributed by atoms with Crippen molar-refractivity contribution in [2.75, 3.05) is 24.4 Å². The maximum Gasteiger partial charge on any atom is 0.418 e. The number of aromatic nitrogens is 7. The summed E-state index contributed by atoms with van der Waals surface area (Å²) in [6.45, 7) is 4.96. The second-order valence-electron chi connectivity index (χ2n) is 9.64. The number of hydrogen-bond acceptors (Lipinski definition) is 10. The molecule has 1 aliphatic heterocycles. The minimum atomic E-state index is -4.88. The van der Waals surface area contributed by atoms with Gasteiger partial charge in [0, 0.05) is 22.7 Å². The largest absolute Gasteiger partial charge is 0.475 e. The highest BCUT2D eigenvalue weighted by Gasteiger charge is 2.40. The number of alkyl halides is 3. The SMILES string of the molecule is COc1nc2c3c(nc(-c4c(C(F)(F)F)c(C)nc5[nH]ncc45)c(F)c3n1)OC[C@H](C)N2C(C)c1cccnc1N. The normalized spacial score (nSPS) is 16.1. The fourth-order valence-corrected chi connectivity index (χ4v) is 5.32. The number of fused-ring (bicyclic) bond motifs is 1. The first-order valence-corrected chi connectivity index (χ1v) is 12.5. The van der Waals surface area contributed by atoms with Gasteiger partial charge < -0.3 is 20.1 Å². The van der Waals surface area contributed by atoms with Gasteiger partial charge >= 0.3 is 12.2 Å². The van der Waals surface area contributed by atoms with Crippen molar-refractivity contribution in [2.24, 2.45) is 0 Å². The molecular weight excluding hydrogens is 546 g/mol. The Bertz CT molecular complexity index is 1830. The number of nitrogens with zero attached hydrogens (tertiary/aromatic N) is 7. The number of rotatable bonds is 4. The molecule has 0 saturated heterocycles. The van der Waals surface area contributed by atoms with Crippen LogP contribution in [-0.2, 0) is 6.18 Å². The summed E-state index contributed by atoms with van der Waals surface area (Å²) in [4.78, 5) is 23.0. The molecule has 41 heavy (non-hydrogen) atoms. The molecule has 11 nitrogen and oxygen atoms in total. The number of pyridine rings is 3. The Kier molecular flexibility index (Phi) is 6.04. The fourth-order valence-electron chi connectivity index (χ4n) is 5.32. The lowest BCUT2D eigenvalue weighted by atomic mass is 9.98. The quantitative estimate of drug-likeness (QED) is 0.291. The molecule has 1 unspecified atom stereocenters. The Hall–Kier alpha value is -4.82. The number of nitrogens with two attached hydrogens (primary N) is 1. The Labute approximate surface area is 229 Å². The average molecular weight is 570 g/mol. The predicted molar refractivity (Wildman–Crippen MR) is 141 cm³/mol. The van der Waals surface area contributed by atoms with E-state index >= 15 is 4.39 Å². The molecule has 0 aromatic carbocycles. The van der Waals surface area contributed by atoms with E-state index in [0.717, 1.165) is 6.20 Å². The van der Waals surface area contributed by atoms with Crippen molar-refractivity contribution >= 4 is 33.6 Å². The van der Waals surface area contributed by atoms with Crippen LogP contribution in [0.3, 0.4) is 0 Å². The molecule has 3 N–H and O–H groups in total. The highest BCUT2D eigenvalue weighted by Crippen LogP contribution is 2.47. The molecule has 0 amide bonds. The van der Waals surface area contributed by atoms with Gasteiger partial charge in [-0.05, 0) is 26.8 Å². The Morgan fingerprint density at radius 2 is 2.00 bits per heavy atom. The molecular formula is C26H23F4N9O2. The number of hydrogen-bond donors (Lipinski definition) is 2. The van der Waals surface area contributed by atoms with Gasteiger partial charge in [0.1, 0.15) is 34.8 Å². The molecule has 0 radical (unpaired) electrons. The van der Waals surface area contributed by atoms with Crippen molar-refractivity contribution in [3.8, 4) is 23.1 Å². The van der Waals surface area contributed by atoms with Crippen LogP contribution in [0.4, 0.5) is 29.2 Å². The topological polar surface area (TPSA) is 141 Å². The van der Waals surface area contributed by atoms with Crippen LogP contribution < -0.4 is 20.1 Å². The number of anilines is 2. The van der Waals surface area contributed by atoms with Crippen LogP contribution in [0.25, 0.3) is 33.2 Å². The summed E-state index contributed by atoms with van der Waals surface area (Å²) in [5.74, 6) is -0.729. The van der Waals surface area contributed by atoms with Crippen molar-refractivity contribution in [1.29, 1.82) is 0 Å². The van der Waals surface area contributed by atoms with Gasteiger partial charge in [-0.1, -0.05) is 6.07 Å². The van der Waals surface area contributed by atoms with Gasteiger partial charge in [-0.15, -0.1) is 0 Å². The highest BCUT2D eigenvalue weighted by molar-refractivity contribution is 6.01. The third-order valence-corrected chi connectivity index (χ3v) is 7.11. The van der Waals surface area contributed by atoms with Crippen LogP contribution in [0.1, 0.15) is 36.7 Å². The summed E-state index contributed by atoms with van der Waals surface area (Å²) in [6, 6.07) is 2.55. The zero-order valence-corrected chi connectivity index (χ0v) is 22.2. The van der Waals surface area contributed by atoms with Gasteiger partial charge in [-0.2, -0.15) is 28.2 Å². The Morgan fingerprint density at radius 1 is 1.22 bits per heavy atom. The van der Waals surface area contributed by atoms with Crippen molar-refractivity contribution in [2.45, 2.75) is 39.0 Å². The van der Waals surface area contributed by atoms with E-state index in [-0.39, 0.29) is 58.0 Å². The zero-order valence-electron chi connectivity index (χ0n) is 22.2. The van der Waals surface area contributed by atoms with Crippen LogP contribution in [0.2, 0.25) is 0 Å². The molecule has 0 bridgehead atoms. The second-order valence-corrected chi connectivity index (χ2v) is 9.64. The van der Waals surface area contributed by atoms with Gasteiger partial charge in [-0.25, -0.2) is 19.3 Å². The lowest BCUT2D eigenvalue weighted by Gasteiger charge is -2.34. The molecule has 0 spiro atoms. The fraction of sp³-hybridized carbons (Fsp3) is 0.308. The smallest absolute Gasteiger partial charge is 0.418 e. The maximum atomic E-state index is 16.5. The molecule has 5 aromatic heterocycles. The van der Waals surface area contributed by atoms with Crippen molar-refractivity contribution in [3.05, 3.63) is 47.2 Å². The number of aromatic amines is 1. The van der Waals surface area contributed by atoms with Crippen LogP contribution >= 0.6 is 0 Å². The standard InChI is InChI=1S/C26H23F4N9O2/c1-10-9-41-24-16-20(36-25(40-4)37-23(16)39(10)12(3)13-6-5-7-32-21(13)31)18(27)19(35-24)15-14-8-33-38-22(14)34-11(2)17(15)26(28,29)30/h5-8,10,12H,9H2,1-4H3,(H2,31,32)(H,33,34,38)/t10-,12?/m0/s1. The van der Waals surface area contributed by atoms with Crippen LogP contribution in [0.5, 0.6) is 11.9 Å². The minimum Gasteiger partial charge on any atom is -0.475 e. The number of nitrogen functional groups attached to an aromatic ring is 1. The van der Waals surface area contributed by atoms with Gasteiger partial charge in [0.25, 0.3) is 0 Å². The molecule has 0 saturated carbocycles. The number of ether oxygens (including phenoxy) is 2. The summed E-state index contributed by atoms with van der Waals surface area (Å²) in [5, 5.41) is 6.39. The second kappa shape index (κ2) is 9.38. The third kappa shape index (κ3) is 4.10. The Morgan fingerprint density at radius 3 is 2.71 bits per heavy atom. The summed E-state index contributed by atoms with van der Waals surface area (Å²) in [7, 11) is 1.31. The molecule has 6 rings (SSSR count). The van der Waals surface area contributed by atoms with Crippen molar-refractivity contribution in [1.82, 2.24) is 35.1 Å². The average Bonchev–Trinajstić information content (AvgIpc) is 3.34. The van der Waals surface area contributed by atoms with Crippen molar-refractivity contribution < 1.29 is 27.0 Å². The molecule has 212 valence electrons. The van der Waals surface area contributed by atoms with Gasteiger partial charge in [-0.3, -0.25) is 5.10 Å². The summed E-state index contributed by atoms with van der Waals surface area (Å²) < 4.78 is 71.0. The summed E-state index contributed by atoms with van der Waals surface area (Å²) >= 11 is 0. The third-order valence-electron chi connectivity index (χ3n) is 7.11.